The fraction of sp³-hybridized carbons (Fsp3) is 0.353. The third-order valence-corrected chi connectivity index (χ3v) is 5.22. The first-order valence-corrected chi connectivity index (χ1v) is 8.78. The second kappa shape index (κ2) is 6.76. The molecule has 1 N–H and O–H groups in total. The highest BCUT2D eigenvalue weighted by molar-refractivity contribution is 7.99. The van der Waals surface area contributed by atoms with Crippen molar-refractivity contribution in [3.8, 4) is 0 Å². The molecule has 1 unspecified atom stereocenters. The number of anilines is 1. The maximum atomic E-state index is 13.6. The van der Waals surface area contributed by atoms with Gasteiger partial charge in [-0.1, -0.05) is 30.8 Å². The number of benzene rings is 1. The van der Waals surface area contributed by atoms with Gasteiger partial charge in [-0.05, 0) is 24.1 Å². The standard InChI is InChI=1S/C17H18FN3O2S/c1-3-7-24-17-20-16(23)14-12(10-5-4-6-11(18)8-10)9-13(22)19-15(14)21(17)2/h4-6,8,12H,3,7,9H2,1-2H3,(H,19,22). The summed E-state index contributed by atoms with van der Waals surface area (Å²) in [7, 11) is 1.78. The van der Waals surface area contributed by atoms with Crippen LogP contribution in [0, 0.1) is 5.82 Å². The molecule has 0 radical (unpaired) electrons. The van der Waals surface area contributed by atoms with E-state index in [0.717, 1.165) is 12.2 Å². The number of amides is 1. The third kappa shape index (κ3) is 3.08. The fourth-order valence-corrected chi connectivity index (χ4v) is 3.68. The van der Waals surface area contributed by atoms with Crippen molar-refractivity contribution in [2.45, 2.75) is 30.8 Å². The lowest BCUT2D eigenvalue weighted by molar-refractivity contribution is -0.116. The highest BCUT2D eigenvalue weighted by Gasteiger charge is 2.32. The van der Waals surface area contributed by atoms with Gasteiger partial charge in [0.1, 0.15) is 11.6 Å². The van der Waals surface area contributed by atoms with Crippen LogP contribution in [0.3, 0.4) is 0 Å². The molecule has 24 heavy (non-hydrogen) atoms. The molecule has 7 heteroatoms. The number of halogens is 1. The molecule has 0 saturated carbocycles. The molecule has 0 aliphatic carbocycles. The first-order chi connectivity index (χ1) is 11.5. The molecule has 5 nitrogen and oxygen atoms in total. The SMILES string of the molecule is CCCSc1nc(=O)c2c(n1C)NC(=O)CC2c1cccc(F)c1. The van der Waals surface area contributed by atoms with E-state index in [-0.39, 0.29) is 23.7 Å². The Hall–Kier alpha value is -2.15. The number of thioether (sulfide) groups is 1. The van der Waals surface area contributed by atoms with Crippen molar-refractivity contribution in [2.75, 3.05) is 11.1 Å². The van der Waals surface area contributed by atoms with Crippen molar-refractivity contribution in [1.82, 2.24) is 9.55 Å². The minimum atomic E-state index is -0.485. The van der Waals surface area contributed by atoms with E-state index >= 15 is 0 Å². The molecule has 0 fully saturated rings. The largest absolute Gasteiger partial charge is 0.312 e. The molecule has 0 bridgehead atoms. The van der Waals surface area contributed by atoms with Crippen molar-refractivity contribution in [1.29, 1.82) is 0 Å². The van der Waals surface area contributed by atoms with Crippen LogP contribution in [0.4, 0.5) is 10.2 Å². The highest BCUT2D eigenvalue weighted by Crippen LogP contribution is 2.35. The van der Waals surface area contributed by atoms with Gasteiger partial charge >= 0.3 is 0 Å². The van der Waals surface area contributed by atoms with E-state index in [2.05, 4.69) is 10.3 Å². The van der Waals surface area contributed by atoms with Crippen molar-refractivity contribution in [3.63, 3.8) is 0 Å². The zero-order valence-electron chi connectivity index (χ0n) is 13.5. The second-order valence-corrected chi connectivity index (χ2v) is 6.79. The van der Waals surface area contributed by atoms with Gasteiger partial charge in [0.05, 0.1) is 5.56 Å². The normalized spacial score (nSPS) is 16.6. The average molecular weight is 347 g/mol. The number of aromatic nitrogens is 2. The second-order valence-electron chi connectivity index (χ2n) is 5.73. The number of nitrogens with one attached hydrogen (secondary N) is 1. The number of hydrogen-bond donors (Lipinski definition) is 1. The van der Waals surface area contributed by atoms with Crippen LogP contribution in [-0.4, -0.2) is 21.2 Å². The van der Waals surface area contributed by atoms with Gasteiger partial charge in [-0.25, -0.2) is 4.39 Å². The minimum Gasteiger partial charge on any atom is -0.312 e. The molecule has 1 amide bonds. The summed E-state index contributed by atoms with van der Waals surface area (Å²) in [5.41, 5.74) is 0.665. The first-order valence-electron chi connectivity index (χ1n) is 7.80. The fourth-order valence-electron chi connectivity index (χ4n) is 2.87. The summed E-state index contributed by atoms with van der Waals surface area (Å²) in [6, 6.07) is 6.02. The van der Waals surface area contributed by atoms with E-state index in [9.17, 15) is 14.0 Å². The predicted molar refractivity (Wildman–Crippen MR) is 92.0 cm³/mol. The molecule has 0 spiro atoms. The summed E-state index contributed by atoms with van der Waals surface area (Å²) < 4.78 is 15.3. The van der Waals surface area contributed by atoms with Gasteiger partial charge in [-0.2, -0.15) is 4.98 Å². The lowest BCUT2D eigenvalue weighted by Gasteiger charge is -2.27. The monoisotopic (exact) mass is 347 g/mol. The van der Waals surface area contributed by atoms with Crippen LogP contribution in [0.5, 0.6) is 0 Å². The molecule has 126 valence electrons. The summed E-state index contributed by atoms with van der Waals surface area (Å²) in [4.78, 5) is 28.9. The van der Waals surface area contributed by atoms with E-state index in [0.29, 0.717) is 22.1 Å². The molecule has 2 heterocycles. The van der Waals surface area contributed by atoms with Crippen LogP contribution in [0.2, 0.25) is 0 Å². The molecule has 1 aromatic carbocycles. The van der Waals surface area contributed by atoms with Crippen LogP contribution in [-0.2, 0) is 11.8 Å². The van der Waals surface area contributed by atoms with Crippen molar-refractivity contribution >= 4 is 23.5 Å². The van der Waals surface area contributed by atoms with Gasteiger partial charge in [0.15, 0.2) is 5.16 Å². The van der Waals surface area contributed by atoms with Crippen LogP contribution >= 0.6 is 11.8 Å². The first kappa shape index (κ1) is 16.7. The summed E-state index contributed by atoms with van der Waals surface area (Å²) in [5, 5.41) is 3.35. The van der Waals surface area contributed by atoms with Gasteiger partial charge in [-0.3, -0.25) is 9.59 Å². The Morgan fingerprint density at radius 3 is 2.92 bits per heavy atom. The molecular weight excluding hydrogens is 329 g/mol. The van der Waals surface area contributed by atoms with Crippen LogP contribution < -0.4 is 10.9 Å². The molecule has 3 rings (SSSR count). The Balaban J connectivity index is 2.14. The zero-order chi connectivity index (χ0) is 17.3. The van der Waals surface area contributed by atoms with Crippen molar-refractivity contribution in [2.24, 2.45) is 7.05 Å². The van der Waals surface area contributed by atoms with E-state index < -0.39 is 5.92 Å². The van der Waals surface area contributed by atoms with E-state index in [4.69, 9.17) is 0 Å². The highest BCUT2D eigenvalue weighted by atomic mass is 32.2. The van der Waals surface area contributed by atoms with Gasteiger partial charge in [0, 0.05) is 25.1 Å². The smallest absolute Gasteiger partial charge is 0.279 e. The topological polar surface area (TPSA) is 64.0 Å². The van der Waals surface area contributed by atoms with E-state index in [1.165, 1.54) is 23.9 Å². The molecular formula is C17H18FN3O2S. The van der Waals surface area contributed by atoms with Crippen LogP contribution in [0.1, 0.15) is 36.8 Å². The maximum absolute atomic E-state index is 13.6. The molecule has 2 aromatic rings. The Labute approximate surface area is 143 Å². The van der Waals surface area contributed by atoms with Gasteiger partial charge < -0.3 is 9.88 Å². The number of carbonyl (C=O) groups is 1. The lowest BCUT2D eigenvalue weighted by Crippen LogP contribution is -2.33. The molecule has 1 atom stereocenters. The van der Waals surface area contributed by atoms with Gasteiger partial charge in [0.25, 0.3) is 5.56 Å². The Bertz CT molecular complexity index is 850. The van der Waals surface area contributed by atoms with E-state index in [1.54, 1.807) is 23.7 Å². The van der Waals surface area contributed by atoms with Gasteiger partial charge in [0.2, 0.25) is 5.91 Å². The maximum Gasteiger partial charge on any atom is 0.279 e. The zero-order valence-corrected chi connectivity index (χ0v) is 14.3. The Kier molecular flexibility index (Phi) is 4.71. The average Bonchev–Trinajstić information content (AvgIpc) is 2.56. The number of nitrogens with zero attached hydrogens (tertiary/aromatic N) is 2. The van der Waals surface area contributed by atoms with Crippen molar-refractivity contribution in [3.05, 3.63) is 51.6 Å². The van der Waals surface area contributed by atoms with Crippen molar-refractivity contribution < 1.29 is 9.18 Å². The summed E-state index contributed by atoms with van der Waals surface area (Å²) >= 11 is 1.48. The number of rotatable bonds is 4. The Morgan fingerprint density at radius 1 is 1.42 bits per heavy atom. The van der Waals surface area contributed by atoms with Crippen LogP contribution in [0.15, 0.2) is 34.2 Å². The molecule has 1 aliphatic rings. The Morgan fingerprint density at radius 2 is 2.21 bits per heavy atom. The summed E-state index contributed by atoms with van der Waals surface area (Å²) in [5.74, 6) is 0.227. The summed E-state index contributed by atoms with van der Waals surface area (Å²) in [6.45, 7) is 2.05. The molecule has 1 aromatic heterocycles. The molecule has 0 saturated heterocycles. The number of hydrogen-bond acceptors (Lipinski definition) is 4. The quantitative estimate of drug-likeness (QED) is 0.682. The lowest BCUT2D eigenvalue weighted by atomic mass is 9.87. The van der Waals surface area contributed by atoms with Gasteiger partial charge in [-0.15, -0.1) is 0 Å². The molecule has 1 aliphatic heterocycles. The van der Waals surface area contributed by atoms with E-state index in [1.807, 2.05) is 6.92 Å². The minimum absolute atomic E-state index is 0.106. The third-order valence-electron chi connectivity index (χ3n) is 3.99. The summed E-state index contributed by atoms with van der Waals surface area (Å²) in [6.07, 6.45) is 1.06. The number of carbonyl (C=O) groups excluding carboxylic acids is 1. The number of fused-ring (bicyclic) bond motifs is 1. The van der Waals surface area contributed by atoms with Crippen LogP contribution in [0.25, 0.3) is 0 Å². The predicted octanol–water partition coefficient (Wildman–Crippen LogP) is 2.90.